The highest BCUT2D eigenvalue weighted by Crippen LogP contribution is 2.11. The van der Waals surface area contributed by atoms with Crippen molar-refractivity contribution < 1.29 is 9.47 Å². The Bertz CT molecular complexity index is 391. The van der Waals surface area contributed by atoms with Crippen LogP contribution in [0.2, 0.25) is 0 Å². The molecular weight excluding hydrogens is 254 g/mol. The lowest BCUT2D eigenvalue weighted by molar-refractivity contribution is 0.208. The van der Waals surface area contributed by atoms with E-state index in [2.05, 4.69) is 34.7 Å². The molecule has 0 fully saturated rings. The maximum Gasteiger partial charge on any atom is 0.191 e. The second-order valence-corrected chi connectivity index (χ2v) is 4.28. The van der Waals surface area contributed by atoms with Gasteiger partial charge in [0, 0.05) is 20.2 Å². The Morgan fingerprint density at radius 2 is 1.90 bits per heavy atom. The average Bonchev–Trinajstić information content (AvgIpc) is 2.48. The molecular formula is C15H25N3O2. The van der Waals surface area contributed by atoms with E-state index in [0.29, 0.717) is 13.2 Å². The summed E-state index contributed by atoms with van der Waals surface area (Å²) < 4.78 is 10.1. The van der Waals surface area contributed by atoms with E-state index in [-0.39, 0.29) is 0 Å². The summed E-state index contributed by atoms with van der Waals surface area (Å²) in [5.74, 6) is 1.72. The van der Waals surface area contributed by atoms with Crippen molar-refractivity contribution in [3.05, 3.63) is 29.8 Å². The number of benzene rings is 1. The van der Waals surface area contributed by atoms with E-state index in [1.165, 1.54) is 5.56 Å². The van der Waals surface area contributed by atoms with Crippen molar-refractivity contribution in [3.63, 3.8) is 0 Å². The molecule has 0 atom stereocenters. The van der Waals surface area contributed by atoms with Crippen molar-refractivity contribution in [3.8, 4) is 5.75 Å². The van der Waals surface area contributed by atoms with Gasteiger partial charge in [-0.2, -0.15) is 0 Å². The van der Waals surface area contributed by atoms with Gasteiger partial charge >= 0.3 is 0 Å². The van der Waals surface area contributed by atoms with Gasteiger partial charge in [0.15, 0.2) is 5.96 Å². The van der Waals surface area contributed by atoms with Gasteiger partial charge < -0.3 is 20.1 Å². The molecule has 0 aliphatic heterocycles. The molecule has 2 N–H and O–H groups in total. The SMILES string of the molecule is CCNC(=NCCOC)NCCc1ccc(OC)cc1. The lowest BCUT2D eigenvalue weighted by Crippen LogP contribution is -2.38. The van der Waals surface area contributed by atoms with Gasteiger partial charge in [-0.3, -0.25) is 4.99 Å². The highest BCUT2D eigenvalue weighted by molar-refractivity contribution is 5.79. The Hall–Kier alpha value is -1.75. The summed E-state index contributed by atoms with van der Waals surface area (Å²) in [6, 6.07) is 8.12. The van der Waals surface area contributed by atoms with Gasteiger partial charge in [-0.15, -0.1) is 0 Å². The molecule has 1 rings (SSSR count). The predicted molar refractivity (Wildman–Crippen MR) is 82.6 cm³/mol. The fourth-order valence-corrected chi connectivity index (χ4v) is 1.71. The van der Waals surface area contributed by atoms with Gasteiger partial charge in [0.2, 0.25) is 0 Å². The largest absolute Gasteiger partial charge is 0.497 e. The summed E-state index contributed by atoms with van der Waals surface area (Å²) in [6.45, 7) is 5.03. The first-order valence-electron chi connectivity index (χ1n) is 6.94. The number of methoxy groups -OCH3 is 2. The Labute approximate surface area is 121 Å². The summed E-state index contributed by atoms with van der Waals surface area (Å²) in [5, 5.41) is 6.52. The molecule has 0 spiro atoms. The van der Waals surface area contributed by atoms with Crippen LogP contribution in [0.5, 0.6) is 5.75 Å². The third-order valence-corrected chi connectivity index (χ3v) is 2.77. The fourth-order valence-electron chi connectivity index (χ4n) is 1.71. The van der Waals surface area contributed by atoms with E-state index in [1.807, 2.05) is 12.1 Å². The zero-order chi connectivity index (χ0) is 14.6. The molecule has 112 valence electrons. The van der Waals surface area contributed by atoms with Crippen LogP contribution in [-0.4, -0.2) is 46.4 Å². The van der Waals surface area contributed by atoms with Gasteiger partial charge in [0.25, 0.3) is 0 Å². The zero-order valence-corrected chi connectivity index (χ0v) is 12.6. The van der Waals surface area contributed by atoms with E-state index in [9.17, 15) is 0 Å². The first-order chi connectivity index (χ1) is 9.80. The normalized spacial score (nSPS) is 11.2. The second-order valence-electron chi connectivity index (χ2n) is 4.28. The zero-order valence-electron chi connectivity index (χ0n) is 12.6. The Morgan fingerprint density at radius 1 is 1.15 bits per heavy atom. The number of rotatable bonds is 8. The third kappa shape index (κ3) is 6.43. The third-order valence-electron chi connectivity index (χ3n) is 2.77. The van der Waals surface area contributed by atoms with Crippen LogP contribution in [-0.2, 0) is 11.2 Å². The van der Waals surface area contributed by atoms with Crippen molar-refractivity contribution >= 4 is 5.96 Å². The molecule has 5 nitrogen and oxygen atoms in total. The van der Waals surface area contributed by atoms with E-state index in [1.54, 1.807) is 14.2 Å². The lowest BCUT2D eigenvalue weighted by Gasteiger charge is -2.11. The Kier molecular flexibility index (Phi) is 8.22. The van der Waals surface area contributed by atoms with Crippen LogP contribution in [0.15, 0.2) is 29.3 Å². The molecule has 0 radical (unpaired) electrons. The highest BCUT2D eigenvalue weighted by Gasteiger charge is 1.98. The second kappa shape index (κ2) is 10.1. The quantitative estimate of drug-likeness (QED) is 0.429. The van der Waals surface area contributed by atoms with Crippen molar-refractivity contribution in [2.24, 2.45) is 4.99 Å². The van der Waals surface area contributed by atoms with Crippen molar-refractivity contribution in [1.29, 1.82) is 0 Å². The summed E-state index contributed by atoms with van der Waals surface area (Å²) in [6.07, 6.45) is 0.943. The molecule has 20 heavy (non-hydrogen) atoms. The van der Waals surface area contributed by atoms with Crippen LogP contribution in [0.3, 0.4) is 0 Å². The molecule has 0 aromatic heterocycles. The minimum Gasteiger partial charge on any atom is -0.497 e. The molecule has 0 amide bonds. The molecule has 0 saturated heterocycles. The van der Waals surface area contributed by atoms with Crippen LogP contribution in [0.4, 0.5) is 0 Å². The smallest absolute Gasteiger partial charge is 0.191 e. The number of nitrogens with one attached hydrogen (secondary N) is 2. The summed E-state index contributed by atoms with van der Waals surface area (Å²) in [5.41, 5.74) is 1.27. The van der Waals surface area contributed by atoms with Gasteiger partial charge in [-0.1, -0.05) is 12.1 Å². The molecule has 0 unspecified atom stereocenters. The fraction of sp³-hybridized carbons (Fsp3) is 0.533. The summed E-state index contributed by atoms with van der Waals surface area (Å²) in [4.78, 5) is 4.41. The summed E-state index contributed by atoms with van der Waals surface area (Å²) >= 11 is 0. The number of hydrogen-bond acceptors (Lipinski definition) is 3. The van der Waals surface area contributed by atoms with Crippen molar-refractivity contribution in [2.45, 2.75) is 13.3 Å². The number of hydrogen-bond donors (Lipinski definition) is 2. The molecule has 1 aromatic carbocycles. The molecule has 0 aliphatic carbocycles. The van der Waals surface area contributed by atoms with Crippen molar-refractivity contribution in [1.82, 2.24) is 10.6 Å². The summed E-state index contributed by atoms with van der Waals surface area (Å²) in [7, 11) is 3.36. The monoisotopic (exact) mass is 279 g/mol. The van der Waals surface area contributed by atoms with E-state index >= 15 is 0 Å². The average molecular weight is 279 g/mol. The minimum absolute atomic E-state index is 0.634. The number of guanidine groups is 1. The standard InChI is InChI=1S/C15H25N3O2/c1-4-16-15(18-11-12-19-2)17-10-9-13-5-7-14(20-3)8-6-13/h5-8H,4,9-12H2,1-3H3,(H2,16,17,18). The van der Waals surface area contributed by atoms with Crippen LogP contribution in [0, 0.1) is 0 Å². The van der Waals surface area contributed by atoms with Gasteiger partial charge in [-0.05, 0) is 31.0 Å². The Morgan fingerprint density at radius 3 is 2.50 bits per heavy atom. The highest BCUT2D eigenvalue weighted by atomic mass is 16.5. The number of ether oxygens (including phenoxy) is 2. The van der Waals surface area contributed by atoms with Gasteiger partial charge in [0.1, 0.15) is 5.75 Å². The van der Waals surface area contributed by atoms with E-state index < -0.39 is 0 Å². The predicted octanol–water partition coefficient (Wildman–Crippen LogP) is 1.44. The molecule has 0 aliphatic rings. The van der Waals surface area contributed by atoms with Gasteiger partial charge in [-0.25, -0.2) is 0 Å². The molecule has 0 bridgehead atoms. The maximum atomic E-state index is 5.14. The first-order valence-corrected chi connectivity index (χ1v) is 6.94. The molecule has 0 saturated carbocycles. The Balaban J connectivity index is 2.36. The lowest BCUT2D eigenvalue weighted by atomic mass is 10.1. The number of nitrogens with zero attached hydrogens (tertiary/aromatic N) is 1. The van der Waals surface area contributed by atoms with E-state index in [4.69, 9.17) is 9.47 Å². The van der Waals surface area contributed by atoms with Crippen LogP contribution >= 0.6 is 0 Å². The first kappa shape index (κ1) is 16.3. The van der Waals surface area contributed by atoms with Crippen LogP contribution < -0.4 is 15.4 Å². The van der Waals surface area contributed by atoms with Crippen LogP contribution in [0.25, 0.3) is 0 Å². The molecule has 1 aromatic rings. The topological polar surface area (TPSA) is 54.9 Å². The number of aliphatic imine (C=N–C) groups is 1. The van der Waals surface area contributed by atoms with Gasteiger partial charge in [0.05, 0.1) is 20.3 Å². The molecule has 5 heteroatoms. The maximum absolute atomic E-state index is 5.14. The van der Waals surface area contributed by atoms with Crippen LogP contribution in [0.1, 0.15) is 12.5 Å². The minimum atomic E-state index is 0.634. The van der Waals surface area contributed by atoms with E-state index in [0.717, 1.165) is 31.2 Å². The van der Waals surface area contributed by atoms with Crippen molar-refractivity contribution in [2.75, 3.05) is 40.5 Å². The molecule has 0 heterocycles.